The Kier molecular flexibility index (Phi) is 4.68. The van der Waals surface area contributed by atoms with Crippen molar-refractivity contribution in [2.45, 2.75) is 13.0 Å². The van der Waals surface area contributed by atoms with Crippen LogP contribution in [0.2, 0.25) is 0 Å². The third-order valence-electron chi connectivity index (χ3n) is 2.63. The summed E-state index contributed by atoms with van der Waals surface area (Å²) in [5.74, 6) is -0.374. The van der Waals surface area contributed by atoms with E-state index in [2.05, 4.69) is 21.2 Å². The van der Waals surface area contributed by atoms with Crippen LogP contribution in [0.15, 0.2) is 53.0 Å². The molecule has 2 aromatic carbocycles. The molecule has 0 heterocycles. The van der Waals surface area contributed by atoms with Gasteiger partial charge in [-0.3, -0.25) is 4.79 Å². The van der Waals surface area contributed by atoms with Crippen LogP contribution in [0.3, 0.4) is 0 Å². The molecule has 2 rings (SSSR count). The second-order valence-corrected chi connectivity index (χ2v) is 5.13. The van der Waals surface area contributed by atoms with Crippen molar-refractivity contribution in [3.63, 3.8) is 0 Å². The predicted molar refractivity (Wildman–Crippen MR) is 76.1 cm³/mol. The molecule has 0 bridgehead atoms. The zero-order valence-corrected chi connectivity index (χ0v) is 11.8. The summed E-state index contributed by atoms with van der Waals surface area (Å²) in [7, 11) is 0. The second-order valence-electron chi connectivity index (χ2n) is 4.21. The topological polar surface area (TPSA) is 29.1 Å². The average Bonchev–Trinajstić information content (AvgIpc) is 2.36. The van der Waals surface area contributed by atoms with Crippen LogP contribution in [0.4, 0.5) is 4.39 Å². The van der Waals surface area contributed by atoms with Crippen LogP contribution in [0.5, 0.6) is 0 Å². The zero-order chi connectivity index (χ0) is 13.7. The van der Waals surface area contributed by atoms with Crippen molar-refractivity contribution < 1.29 is 9.18 Å². The second kappa shape index (κ2) is 6.48. The molecule has 0 aliphatic heterocycles. The van der Waals surface area contributed by atoms with E-state index >= 15 is 0 Å². The van der Waals surface area contributed by atoms with E-state index in [-0.39, 0.29) is 11.7 Å². The molecular weight excluding hydrogens is 309 g/mol. The largest absolute Gasteiger partial charge is 0.352 e. The molecule has 4 heteroatoms. The van der Waals surface area contributed by atoms with Gasteiger partial charge in [-0.15, -0.1) is 0 Å². The van der Waals surface area contributed by atoms with Gasteiger partial charge in [0.2, 0.25) is 5.91 Å². The number of rotatable bonds is 4. The Balaban J connectivity index is 1.88. The number of carbonyl (C=O) groups excluding carboxylic acids is 1. The summed E-state index contributed by atoms with van der Waals surface area (Å²) >= 11 is 3.36. The van der Waals surface area contributed by atoms with Crippen molar-refractivity contribution >= 4 is 21.8 Å². The Bertz CT molecular complexity index is 586. The van der Waals surface area contributed by atoms with Crippen molar-refractivity contribution in [2.75, 3.05) is 0 Å². The summed E-state index contributed by atoms with van der Waals surface area (Å²) in [5, 5.41) is 2.77. The first-order valence-corrected chi connectivity index (χ1v) is 6.68. The lowest BCUT2D eigenvalue weighted by molar-refractivity contribution is -0.120. The number of nitrogens with one attached hydrogen (secondary N) is 1. The number of halogens is 2. The number of hydrogen-bond acceptors (Lipinski definition) is 1. The fraction of sp³-hybridized carbons (Fsp3) is 0.133. The molecule has 19 heavy (non-hydrogen) atoms. The Morgan fingerprint density at radius 2 is 1.84 bits per heavy atom. The molecule has 2 nitrogen and oxygen atoms in total. The van der Waals surface area contributed by atoms with Gasteiger partial charge >= 0.3 is 0 Å². The maximum Gasteiger partial charge on any atom is 0.224 e. The SMILES string of the molecule is O=C(Cc1cccc(Br)c1)NCc1cccc(F)c1. The van der Waals surface area contributed by atoms with Gasteiger partial charge in [-0.1, -0.05) is 40.2 Å². The van der Waals surface area contributed by atoms with E-state index in [1.54, 1.807) is 12.1 Å². The van der Waals surface area contributed by atoms with Crippen molar-refractivity contribution in [1.82, 2.24) is 5.32 Å². The molecule has 0 saturated heterocycles. The monoisotopic (exact) mass is 321 g/mol. The maximum atomic E-state index is 13.0. The minimum atomic E-state index is -0.293. The first kappa shape index (κ1) is 13.7. The number of amides is 1. The van der Waals surface area contributed by atoms with E-state index in [0.29, 0.717) is 13.0 Å². The molecule has 0 aliphatic rings. The van der Waals surface area contributed by atoms with Gasteiger partial charge in [0.15, 0.2) is 0 Å². The van der Waals surface area contributed by atoms with Crippen molar-refractivity contribution in [1.29, 1.82) is 0 Å². The molecule has 0 radical (unpaired) electrons. The van der Waals surface area contributed by atoms with Crippen LogP contribution < -0.4 is 5.32 Å². The molecule has 0 spiro atoms. The molecule has 2 aromatic rings. The van der Waals surface area contributed by atoms with E-state index in [0.717, 1.165) is 15.6 Å². The number of hydrogen-bond donors (Lipinski definition) is 1. The minimum Gasteiger partial charge on any atom is -0.352 e. The van der Waals surface area contributed by atoms with Crippen LogP contribution in [-0.4, -0.2) is 5.91 Å². The van der Waals surface area contributed by atoms with Gasteiger partial charge in [0, 0.05) is 11.0 Å². The standard InChI is InChI=1S/C15H13BrFNO/c16-13-5-1-3-11(7-13)9-15(19)18-10-12-4-2-6-14(17)8-12/h1-8H,9-10H2,(H,18,19). The van der Waals surface area contributed by atoms with Gasteiger partial charge < -0.3 is 5.32 Å². The van der Waals surface area contributed by atoms with E-state index in [1.165, 1.54) is 12.1 Å². The summed E-state index contributed by atoms with van der Waals surface area (Å²) < 4.78 is 13.9. The summed E-state index contributed by atoms with van der Waals surface area (Å²) in [4.78, 5) is 11.8. The fourth-order valence-corrected chi connectivity index (χ4v) is 2.19. The van der Waals surface area contributed by atoms with Crippen LogP contribution >= 0.6 is 15.9 Å². The van der Waals surface area contributed by atoms with Crippen LogP contribution in [0.25, 0.3) is 0 Å². The first-order valence-electron chi connectivity index (χ1n) is 5.89. The molecule has 1 amide bonds. The average molecular weight is 322 g/mol. The molecule has 0 fully saturated rings. The van der Waals surface area contributed by atoms with E-state index in [9.17, 15) is 9.18 Å². The zero-order valence-electron chi connectivity index (χ0n) is 10.2. The lowest BCUT2D eigenvalue weighted by atomic mass is 10.1. The highest BCUT2D eigenvalue weighted by Crippen LogP contribution is 2.12. The Labute approximate surface area is 119 Å². The third-order valence-corrected chi connectivity index (χ3v) is 3.13. The van der Waals surface area contributed by atoms with E-state index in [4.69, 9.17) is 0 Å². The summed E-state index contributed by atoms with van der Waals surface area (Å²) in [5.41, 5.74) is 1.69. The summed E-state index contributed by atoms with van der Waals surface area (Å²) in [6.45, 7) is 0.338. The van der Waals surface area contributed by atoms with Crippen LogP contribution in [-0.2, 0) is 17.8 Å². The highest BCUT2D eigenvalue weighted by Gasteiger charge is 2.04. The Morgan fingerprint density at radius 3 is 2.58 bits per heavy atom. The fourth-order valence-electron chi connectivity index (χ4n) is 1.74. The van der Waals surface area contributed by atoms with Gasteiger partial charge in [-0.05, 0) is 35.4 Å². The molecule has 0 saturated carbocycles. The van der Waals surface area contributed by atoms with Gasteiger partial charge in [-0.2, -0.15) is 0 Å². The number of carbonyl (C=O) groups is 1. The van der Waals surface area contributed by atoms with Gasteiger partial charge in [0.05, 0.1) is 6.42 Å². The normalized spacial score (nSPS) is 10.2. The van der Waals surface area contributed by atoms with Crippen LogP contribution in [0, 0.1) is 5.82 Å². The highest BCUT2D eigenvalue weighted by atomic mass is 79.9. The Morgan fingerprint density at radius 1 is 1.11 bits per heavy atom. The Hall–Kier alpha value is -1.68. The quantitative estimate of drug-likeness (QED) is 0.918. The third kappa shape index (κ3) is 4.48. The molecule has 0 unspecified atom stereocenters. The highest BCUT2D eigenvalue weighted by molar-refractivity contribution is 9.10. The minimum absolute atomic E-state index is 0.0811. The van der Waals surface area contributed by atoms with E-state index < -0.39 is 0 Å². The number of benzene rings is 2. The first-order chi connectivity index (χ1) is 9.13. The lowest BCUT2D eigenvalue weighted by Gasteiger charge is -2.06. The van der Waals surface area contributed by atoms with Gasteiger partial charge in [0.1, 0.15) is 5.82 Å². The van der Waals surface area contributed by atoms with Crippen molar-refractivity contribution in [2.24, 2.45) is 0 Å². The van der Waals surface area contributed by atoms with Crippen molar-refractivity contribution in [3.8, 4) is 0 Å². The molecule has 0 aromatic heterocycles. The van der Waals surface area contributed by atoms with Gasteiger partial charge in [0.25, 0.3) is 0 Å². The predicted octanol–water partition coefficient (Wildman–Crippen LogP) is 3.45. The smallest absolute Gasteiger partial charge is 0.224 e. The van der Waals surface area contributed by atoms with Gasteiger partial charge in [-0.25, -0.2) is 4.39 Å². The molecule has 1 N–H and O–H groups in total. The van der Waals surface area contributed by atoms with Crippen molar-refractivity contribution in [3.05, 3.63) is 69.9 Å². The molecule has 0 aliphatic carbocycles. The summed E-state index contributed by atoms with van der Waals surface area (Å²) in [6, 6.07) is 13.8. The summed E-state index contributed by atoms with van der Waals surface area (Å²) in [6.07, 6.45) is 0.314. The molecular formula is C15H13BrFNO. The molecule has 98 valence electrons. The lowest BCUT2D eigenvalue weighted by Crippen LogP contribution is -2.24. The maximum absolute atomic E-state index is 13.0. The van der Waals surface area contributed by atoms with Crippen LogP contribution in [0.1, 0.15) is 11.1 Å². The molecule has 0 atom stereocenters. The van der Waals surface area contributed by atoms with E-state index in [1.807, 2.05) is 24.3 Å².